The highest BCUT2D eigenvalue weighted by Crippen LogP contribution is 2.08. The summed E-state index contributed by atoms with van der Waals surface area (Å²) in [5, 5.41) is 33.6. The normalized spacial score (nSPS) is 12.2. The monoisotopic (exact) mass is 190 g/mol. The smallest absolute Gasteiger partial charge is 0.327 e. The van der Waals surface area contributed by atoms with E-state index in [0.29, 0.717) is 19.3 Å². The van der Waals surface area contributed by atoms with Crippen LogP contribution in [0.2, 0.25) is 0 Å². The van der Waals surface area contributed by atoms with E-state index in [9.17, 15) is 4.79 Å². The fourth-order valence-electron chi connectivity index (χ4n) is 0.809. The van der Waals surface area contributed by atoms with Gasteiger partial charge in [0.1, 0.15) is 0 Å². The number of aliphatic carboxylic acids is 1. The van der Waals surface area contributed by atoms with E-state index < -0.39 is 11.9 Å². The molecule has 0 radical (unpaired) electrons. The van der Waals surface area contributed by atoms with Crippen LogP contribution in [0, 0.1) is 0 Å². The summed E-state index contributed by atoms with van der Waals surface area (Å²) in [4.78, 5) is 9.98. The Labute approximate surface area is 75.9 Å². The number of hydrogen-bond acceptors (Lipinski definition) is 4. The van der Waals surface area contributed by atoms with E-state index in [-0.39, 0.29) is 6.42 Å². The summed E-state index contributed by atoms with van der Waals surface area (Å²) in [6.45, 7) is 0. The molecule has 0 aromatic heterocycles. The van der Waals surface area contributed by atoms with Gasteiger partial charge >= 0.3 is 5.97 Å². The average Bonchev–Trinajstić information content (AvgIpc) is 1.93. The Hall–Kier alpha value is -0.910. The Morgan fingerprint density at radius 3 is 2.31 bits per heavy atom. The van der Waals surface area contributed by atoms with Crippen LogP contribution < -0.4 is 0 Å². The van der Waals surface area contributed by atoms with E-state index in [2.05, 4.69) is 0 Å². The molecule has 0 atom stereocenters. The Morgan fingerprint density at radius 2 is 1.85 bits per heavy atom. The third-order valence-corrected chi connectivity index (χ3v) is 1.39. The summed E-state index contributed by atoms with van der Waals surface area (Å²) >= 11 is 0. The third-order valence-electron chi connectivity index (χ3n) is 1.39. The first-order chi connectivity index (χ1) is 5.92. The number of hydrogen-bond donors (Lipinski definition) is 4. The van der Waals surface area contributed by atoms with Crippen molar-refractivity contribution in [1.29, 1.82) is 0 Å². The van der Waals surface area contributed by atoms with Crippen LogP contribution in [0.5, 0.6) is 0 Å². The van der Waals surface area contributed by atoms with Gasteiger partial charge in [-0.15, -0.1) is 0 Å². The lowest BCUT2D eigenvalue weighted by Gasteiger charge is -2.12. The second-order valence-corrected chi connectivity index (χ2v) is 2.76. The van der Waals surface area contributed by atoms with Gasteiger partial charge in [0.05, 0.1) is 0 Å². The molecule has 0 heterocycles. The van der Waals surface area contributed by atoms with Crippen molar-refractivity contribution >= 4 is 5.97 Å². The van der Waals surface area contributed by atoms with Gasteiger partial charge in [0.2, 0.25) is 0 Å². The number of unbranched alkanes of at least 4 members (excludes halogenated alkanes) is 2. The van der Waals surface area contributed by atoms with Crippen LogP contribution in [0.15, 0.2) is 12.2 Å². The van der Waals surface area contributed by atoms with Crippen molar-refractivity contribution in [3.05, 3.63) is 12.2 Å². The van der Waals surface area contributed by atoms with Gasteiger partial charge in [-0.3, -0.25) is 0 Å². The SMILES string of the molecule is O=C(O)C=CCCCCC(O)(O)O. The van der Waals surface area contributed by atoms with Gasteiger partial charge in [0.15, 0.2) is 0 Å². The molecule has 5 heteroatoms. The molecule has 0 saturated carbocycles. The highest BCUT2D eigenvalue weighted by Gasteiger charge is 2.15. The lowest BCUT2D eigenvalue weighted by atomic mass is 10.1. The number of carboxylic acid groups (broad SMARTS) is 1. The van der Waals surface area contributed by atoms with Crippen LogP contribution in [0.3, 0.4) is 0 Å². The minimum Gasteiger partial charge on any atom is -0.478 e. The predicted octanol–water partition coefficient (Wildman–Crippen LogP) is -0.182. The first kappa shape index (κ1) is 12.1. The van der Waals surface area contributed by atoms with Crippen molar-refractivity contribution in [3.63, 3.8) is 0 Å². The summed E-state index contributed by atoms with van der Waals surface area (Å²) < 4.78 is 0. The lowest BCUT2D eigenvalue weighted by Crippen LogP contribution is -2.26. The van der Waals surface area contributed by atoms with Gasteiger partial charge in [-0.25, -0.2) is 4.79 Å². The molecule has 0 rings (SSSR count). The Morgan fingerprint density at radius 1 is 1.23 bits per heavy atom. The zero-order valence-electron chi connectivity index (χ0n) is 7.18. The summed E-state index contributed by atoms with van der Waals surface area (Å²) in [6.07, 6.45) is 3.96. The van der Waals surface area contributed by atoms with Crippen molar-refractivity contribution in [2.45, 2.75) is 31.7 Å². The largest absolute Gasteiger partial charge is 0.478 e. The van der Waals surface area contributed by atoms with Gasteiger partial charge in [0.25, 0.3) is 5.97 Å². The molecule has 0 unspecified atom stereocenters. The molecule has 0 saturated heterocycles. The molecule has 0 spiro atoms. The first-order valence-corrected chi connectivity index (χ1v) is 3.98. The van der Waals surface area contributed by atoms with Crippen molar-refractivity contribution in [1.82, 2.24) is 0 Å². The third kappa shape index (κ3) is 11.1. The van der Waals surface area contributed by atoms with E-state index in [0.717, 1.165) is 6.08 Å². The van der Waals surface area contributed by atoms with Gasteiger partial charge in [-0.1, -0.05) is 6.08 Å². The number of allylic oxidation sites excluding steroid dienone is 1. The fraction of sp³-hybridized carbons (Fsp3) is 0.625. The Kier molecular flexibility index (Phi) is 5.29. The molecule has 0 bridgehead atoms. The zero-order chi connectivity index (χ0) is 10.3. The van der Waals surface area contributed by atoms with Crippen LogP contribution in [0.25, 0.3) is 0 Å². The van der Waals surface area contributed by atoms with Gasteiger partial charge in [-0.2, -0.15) is 0 Å². The van der Waals surface area contributed by atoms with E-state index in [1.807, 2.05) is 0 Å². The summed E-state index contributed by atoms with van der Waals surface area (Å²) in [5.74, 6) is -3.60. The Bertz CT molecular complexity index is 179. The van der Waals surface area contributed by atoms with E-state index in [1.54, 1.807) is 0 Å². The van der Waals surface area contributed by atoms with Crippen molar-refractivity contribution in [2.75, 3.05) is 0 Å². The number of carboxylic acids is 1. The highest BCUT2D eigenvalue weighted by molar-refractivity contribution is 5.79. The first-order valence-electron chi connectivity index (χ1n) is 3.98. The highest BCUT2D eigenvalue weighted by atomic mass is 16.7. The molecule has 0 aliphatic rings. The van der Waals surface area contributed by atoms with E-state index >= 15 is 0 Å². The van der Waals surface area contributed by atoms with Crippen LogP contribution in [-0.4, -0.2) is 32.4 Å². The maximum Gasteiger partial charge on any atom is 0.327 e. The molecule has 4 N–H and O–H groups in total. The second kappa shape index (κ2) is 5.69. The van der Waals surface area contributed by atoms with E-state index in [1.165, 1.54) is 6.08 Å². The molecule has 76 valence electrons. The van der Waals surface area contributed by atoms with Crippen LogP contribution >= 0.6 is 0 Å². The summed E-state index contributed by atoms with van der Waals surface area (Å²) in [5.41, 5.74) is 0. The van der Waals surface area contributed by atoms with Gasteiger partial charge in [0, 0.05) is 12.5 Å². The molecule has 0 aliphatic carbocycles. The van der Waals surface area contributed by atoms with Crippen LogP contribution in [-0.2, 0) is 4.79 Å². The molecule has 5 nitrogen and oxygen atoms in total. The average molecular weight is 190 g/mol. The predicted molar refractivity (Wildman–Crippen MR) is 44.6 cm³/mol. The molecule has 13 heavy (non-hydrogen) atoms. The maximum atomic E-state index is 9.98. The topological polar surface area (TPSA) is 98.0 Å². The molecule has 0 amide bonds. The van der Waals surface area contributed by atoms with Crippen molar-refractivity contribution < 1.29 is 25.2 Å². The van der Waals surface area contributed by atoms with Gasteiger partial charge < -0.3 is 20.4 Å². The van der Waals surface area contributed by atoms with Crippen LogP contribution in [0.1, 0.15) is 25.7 Å². The molecule has 0 aromatic rings. The van der Waals surface area contributed by atoms with Gasteiger partial charge in [-0.05, 0) is 19.3 Å². The molecule has 0 aromatic carbocycles. The minimum atomic E-state index is -2.60. The molecule has 0 aliphatic heterocycles. The number of carbonyl (C=O) groups is 1. The molecular weight excluding hydrogens is 176 g/mol. The second-order valence-electron chi connectivity index (χ2n) is 2.76. The lowest BCUT2D eigenvalue weighted by molar-refractivity contribution is -0.314. The Balaban J connectivity index is 3.32. The van der Waals surface area contributed by atoms with E-state index in [4.69, 9.17) is 20.4 Å². The van der Waals surface area contributed by atoms with Crippen molar-refractivity contribution in [2.24, 2.45) is 0 Å². The minimum absolute atomic E-state index is 0.131. The summed E-state index contributed by atoms with van der Waals surface area (Å²) in [7, 11) is 0. The molecular formula is C8H14O5. The van der Waals surface area contributed by atoms with Crippen molar-refractivity contribution in [3.8, 4) is 0 Å². The zero-order valence-corrected chi connectivity index (χ0v) is 7.18. The molecule has 0 fully saturated rings. The standard InChI is InChI=1S/C8H14O5/c9-7(10)5-3-1-2-4-6-8(11,12)13/h3,5,11-13H,1-2,4,6H2,(H,9,10). The summed E-state index contributed by atoms with van der Waals surface area (Å²) in [6, 6.07) is 0. The number of aliphatic hydroxyl groups is 3. The maximum absolute atomic E-state index is 9.98. The quantitative estimate of drug-likeness (QED) is 0.264. The fourth-order valence-corrected chi connectivity index (χ4v) is 0.809. The van der Waals surface area contributed by atoms with Crippen LogP contribution in [0.4, 0.5) is 0 Å². The number of rotatable bonds is 6.